The summed E-state index contributed by atoms with van der Waals surface area (Å²) in [4.78, 5) is 39.3. The number of morpholine rings is 1. The Morgan fingerprint density at radius 1 is 0.971 bits per heavy atom. The van der Waals surface area contributed by atoms with Crippen molar-refractivity contribution in [3.05, 3.63) is 88.8 Å². The highest BCUT2D eigenvalue weighted by Crippen LogP contribution is 2.36. The second kappa shape index (κ2) is 23.4. The monoisotopic (exact) mass is 965 g/mol. The number of hydrogen-bond acceptors (Lipinski definition) is 16. The van der Waals surface area contributed by atoms with Crippen LogP contribution in [0.5, 0.6) is 5.88 Å². The van der Waals surface area contributed by atoms with Crippen LogP contribution in [0.4, 0.5) is 11.5 Å². The maximum atomic E-state index is 14.0. The van der Waals surface area contributed by atoms with Crippen molar-refractivity contribution in [3.63, 3.8) is 0 Å². The van der Waals surface area contributed by atoms with Gasteiger partial charge in [0.05, 0.1) is 65.6 Å². The number of anilines is 2. The predicted molar refractivity (Wildman–Crippen MR) is 264 cm³/mol. The zero-order chi connectivity index (χ0) is 48.3. The van der Waals surface area contributed by atoms with Crippen LogP contribution in [0.25, 0.3) is 21.7 Å². The molecule has 0 bridgehead atoms. The Morgan fingerprint density at radius 3 is 2.49 bits per heavy atom. The average molecular weight is 966 g/mol. The number of nitrogen functional groups attached to an aromatic ring is 1. The molecule has 4 N–H and O–H groups in total. The van der Waals surface area contributed by atoms with Gasteiger partial charge in [0.1, 0.15) is 18.6 Å². The summed E-state index contributed by atoms with van der Waals surface area (Å²) in [6.07, 6.45) is 3.20. The lowest BCUT2D eigenvalue weighted by atomic mass is 9.89. The van der Waals surface area contributed by atoms with Gasteiger partial charge in [-0.1, -0.05) is 62.4 Å². The van der Waals surface area contributed by atoms with Gasteiger partial charge < -0.3 is 49.4 Å². The highest BCUT2D eigenvalue weighted by Gasteiger charge is 2.44. The summed E-state index contributed by atoms with van der Waals surface area (Å²) in [5, 5.41) is 26.3. The fourth-order valence-electron chi connectivity index (χ4n) is 9.64. The van der Waals surface area contributed by atoms with E-state index in [1.807, 2.05) is 62.7 Å². The van der Waals surface area contributed by atoms with Gasteiger partial charge in [0.25, 0.3) is 5.88 Å². The molecule has 2 amide bonds. The largest absolute Gasteiger partial charge is 0.473 e. The number of thiazole rings is 1. The van der Waals surface area contributed by atoms with Crippen molar-refractivity contribution in [2.75, 3.05) is 89.5 Å². The van der Waals surface area contributed by atoms with Crippen LogP contribution in [0.2, 0.25) is 0 Å². The number of likely N-dealkylation sites (tertiary alicyclic amines) is 1. The van der Waals surface area contributed by atoms with Crippen LogP contribution in [0.15, 0.2) is 70.7 Å². The molecule has 1 spiro atoms. The topological polar surface area (TPSA) is 204 Å². The van der Waals surface area contributed by atoms with Crippen LogP contribution < -0.4 is 20.7 Å². The summed E-state index contributed by atoms with van der Waals surface area (Å²) < 4.78 is 29.5. The number of carbonyl (C=O) groups is 2. The number of aliphatic hydroxyl groups is 1. The van der Waals surface area contributed by atoms with E-state index in [4.69, 9.17) is 29.2 Å². The minimum Gasteiger partial charge on any atom is -0.473 e. The smallest absolute Gasteiger partial charge is 0.254 e. The standard InChI is InChI=1S/C51H67N9O8S/c1-34(2)46(50(63)60-31-39(61)27-43(60)49(62)53-30-37-11-13-38(14-12-37)47-36(4)54-33-69-47)44-29-45(57-68-44)66-26-25-65-24-23-64-21-8-7-17-58-20-22-67-51(32-58)15-18-59(19-16-51)42-28-41(55-56-48(42)52)40-10-6-5-9-35(40)3/h5-6,9-14,28-29,33-34,39,43,46,61H,7-8,15-27,30-32H2,1-4H3,(H2,52,56)(H,53,62)/t39-,43?,46?/m1/s1. The lowest BCUT2D eigenvalue weighted by molar-refractivity contribution is -0.141. The van der Waals surface area contributed by atoms with E-state index in [1.165, 1.54) is 4.90 Å². The number of hydrogen-bond donors (Lipinski definition) is 3. The molecule has 2 aromatic carbocycles. The SMILES string of the molecule is Cc1ccccc1-c1cc(N2CCC3(CC2)CN(CCCCOCCOCCOc2cc(C(C(=O)N4C[C@H](O)CC4C(=O)NCc4ccc(-c5scnc5C)cc4)C(C)C)on2)CCO3)c(N)nn1. The first-order chi connectivity index (χ1) is 33.5. The molecule has 3 fully saturated rings. The number of benzene rings is 2. The highest BCUT2D eigenvalue weighted by atomic mass is 32.1. The Bertz CT molecular complexity index is 2460. The van der Waals surface area contributed by atoms with Gasteiger partial charge in [0.15, 0.2) is 11.6 Å². The first-order valence-electron chi connectivity index (χ1n) is 24.3. The third-order valence-corrected chi connectivity index (χ3v) is 14.4. The number of aryl methyl sites for hydroxylation is 2. The van der Waals surface area contributed by atoms with E-state index in [2.05, 4.69) is 60.6 Å². The molecule has 3 aliphatic heterocycles. The van der Waals surface area contributed by atoms with Gasteiger partial charge in [0.2, 0.25) is 11.8 Å². The third kappa shape index (κ3) is 12.6. The van der Waals surface area contributed by atoms with E-state index < -0.39 is 18.1 Å². The Labute approximate surface area is 408 Å². The van der Waals surface area contributed by atoms with Crippen LogP contribution in [-0.4, -0.2) is 144 Å². The molecule has 3 atom stereocenters. The maximum Gasteiger partial charge on any atom is 0.254 e. The van der Waals surface area contributed by atoms with Gasteiger partial charge >= 0.3 is 0 Å². The van der Waals surface area contributed by atoms with Crippen molar-refractivity contribution in [2.45, 2.75) is 90.0 Å². The van der Waals surface area contributed by atoms with Crippen molar-refractivity contribution in [1.82, 2.24) is 35.5 Å². The van der Waals surface area contributed by atoms with Crippen LogP contribution in [0.3, 0.4) is 0 Å². The Morgan fingerprint density at radius 2 is 1.74 bits per heavy atom. The number of rotatable bonds is 21. The molecule has 5 aromatic rings. The summed E-state index contributed by atoms with van der Waals surface area (Å²) in [7, 11) is 0. The molecule has 6 heterocycles. The highest BCUT2D eigenvalue weighted by molar-refractivity contribution is 7.13. The van der Waals surface area contributed by atoms with E-state index >= 15 is 0 Å². The molecule has 69 heavy (non-hydrogen) atoms. The molecular weight excluding hydrogens is 899 g/mol. The van der Waals surface area contributed by atoms with Gasteiger partial charge in [0, 0.05) is 63.9 Å². The molecule has 370 valence electrons. The van der Waals surface area contributed by atoms with Gasteiger partial charge in [-0.2, -0.15) is 0 Å². The zero-order valence-electron chi connectivity index (χ0n) is 40.3. The first-order valence-corrected chi connectivity index (χ1v) is 25.2. The fourth-order valence-corrected chi connectivity index (χ4v) is 10.5. The Hall–Kier alpha value is -5.50. The van der Waals surface area contributed by atoms with E-state index in [0.717, 1.165) is 109 Å². The number of aromatic nitrogens is 4. The van der Waals surface area contributed by atoms with Gasteiger partial charge in [-0.15, -0.1) is 21.5 Å². The summed E-state index contributed by atoms with van der Waals surface area (Å²) in [5.41, 5.74) is 15.0. The van der Waals surface area contributed by atoms with Gasteiger partial charge in [-0.05, 0) is 79.9 Å². The lowest BCUT2D eigenvalue weighted by Crippen LogP contribution is -2.57. The quantitative estimate of drug-likeness (QED) is 0.0719. The summed E-state index contributed by atoms with van der Waals surface area (Å²) >= 11 is 1.59. The Balaban J connectivity index is 0.692. The number of piperidine rings is 1. The molecule has 18 heteroatoms. The van der Waals surface area contributed by atoms with E-state index in [-0.39, 0.29) is 48.8 Å². The second-order valence-corrected chi connectivity index (χ2v) is 19.6. The molecule has 3 aliphatic rings. The van der Waals surface area contributed by atoms with E-state index in [0.29, 0.717) is 44.6 Å². The number of nitrogens with one attached hydrogen (secondary N) is 1. The molecule has 0 aliphatic carbocycles. The molecule has 3 saturated heterocycles. The van der Waals surface area contributed by atoms with Crippen LogP contribution in [0.1, 0.15) is 74.5 Å². The maximum absolute atomic E-state index is 14.0. The van der Waals surface area contributed by atoms with Crippen LogP contribution >= 0.6 is 11.3 Å². The number of aliphatic hydroxyl groups excluding tert-OH is 1. The Kier molecular flexibility index (Phi) is 16.9. The number of β-amino-alcohol motifs (C(OH)–C–C–N with tert-alkyl or cyclic N) is 1. The molecule has 3 aromatic heterocycles. The van der Waals surface area contributed by atoms with Crippen molar-refractivity contribution in [1.29, 1.82) is 0 Å². The molecule has 8 rings (SSSR count). The van der Waals surface area contributed by atoms with Crippen LogP contribution in [-0.2, 0) is 30.3 Å². The molecular formula is C51H67N9O8S. The van der Waals surface area contributed by atoms with Crippen molar-refractivity contribution >= 4 is 34.7 Å². The van der Waals surface area contributed by atoms with E-state index in [9.17, 15) is 14.7 Å². The number of nitrogens with zero attached hydrogens (tertiary/aromatic N) is 7. The number of carbonyl (C=O) groups excluding carboxylic acids is 2. The number of ether oxygens (including phenoxy) is 4. The van der Waals surface area contributed by atoms with Crippen molar-refractivity contribution < 1.29 is 38.2 Å². The minimum atomic E-state index is -0.818. The average Bonchev–Trinajstić information content (AvgIpc) is 4.11. The first kappa shape index (κ1) is 49.9. The number of amides is 2. The summed E-state index contributed by atoms with van der Waals surface area (Å²) in [6.45, 7) is 15.7. The lowest BCUT2D eigenvalue weighted by Gasteiger charge is -2.48. The third-order valence-electron chi connectivity index (χ3n) is 13.5. The van der Waals surface area contributed by atoms with Gasteiger partial charge in [-0.3, -0.25) is 14.5 Å². The summed E-state index contributed by atoms with van der Waals surface area (Å²) in [6, 6.07) is 19.0. The molecule has 0 radical (unpaired) electrons. The van der Waals surface area contributed by atoms with Crippen molar-refractivity contribution in [2.24, 2.45) is 5.92 Å². The van der Waals surface area contributed by atoms with Crippen molar-refractivity contribution in [3.8, 4) is 27.6 Å². The fraction of sp³-hybridized carbons (Fsp3) is 0.529. The second-order valence-electron chi connectivity index (χ2n) is 18.8. The number of nitrogens with two attached hydrogens (primary N) is 1. The number of unbranched alkanes of at least 4 members (excludes halogenated alkanes) is 1. The molecule has 2 unspecified atom stereocenters. The predicted octanol–water partition coefficient (Wildman–Crippen LogP) is 6.04. The molecule has 0 saturated carbocycles. The normalized spacial score (nSPS) is 18.8. The molecule has 17 nitrogen and oxygen atoms in total. The minimum absolute atomic E-state index is 0.0531. The summed E-state index contributed by atoms with van der Waals surface area (Å²) in [5.74, 6) is -0.489. The zero-order valence-corrected chi connectivity index (χ0v) is 41.1. The van der Waals surface area contributed by atoms with Crippen LogP contribution in [0, 0.1) is 19.8 Å². The van der Waals surface area contributed by atoms with E-state index in [1.54, 1.807) is 17.4 Å². The van der Waals surface area contributed by atoms with Gasteiger partial charge in [-0.25, -0.2) is 4.98 Å².